The Hall–Kier alpha value is -1.63. The molecule has 0 aliphatic carbocycles. The third-order valence-electron chi connectivity index (χ3n) is 3.56. The van der Waals surface area contributed by atoms with E-state index >= 15 is 0 Å². The van der Waals surface area contributed by atoms with Crippen LogP contribution in [0.5, 0.6) is 0 Å². The van der Waals surface area contributed by atoms with E-state index in [-0.39, 0.29) is 18.5 Å². The van der Waals surface area contributed by atoms with Gasteiger partial charge in [0, 0.05) is 24.2 Å². The molecule has 116 valence electrons. The first-order valence-electron chi connectivity index (χ1n) is 7.23. The molecule has 0 bridgehead atoms. The number of carbonyl (C=O) groups excluding carboxylic acids is 1. The van der Waals surface area contributed by atoms with Crippen LogP contribution in [0.15, 0.2) is 6.20 Å². The smallest absolute Gasteiger partial charge is 0.323 e. The number of anilines is 1. The normalized spacial score (nSPS) is 22.1. The number of thiazole rings is 1. The average molecular weight is 311 g/mol. The minimum atomic E-state index is -0.834. The number of rotatable bonds is 4. The lowest BCUT2D eigenvalue weighted by Crippen LogP contribution is -2.47. The van der Waals surface area contributed by atoms with Gasteiger partial charge < -0.3 is 10.0 Å². The molecule has 2 amide bonds. The van der Waals surface area contributed by atoms with Crippen molar-refractivity contribution in [3.05, 3.63) is 11.1 Å². The molecule has 0 saturated carbocycles. The molecule has 1 aromatic heterocycles. The van der Waals surface area contributed by atoms with Crippen LogP contribution in [0.2, 0.25) is 0 Å². The van der Waals surface area contributed by atoms with Crippen LogP contribution < -0.4 is 5.32 Å². The largest absolute Gasteiger partial charge is 0.481 e. The molecule has 1 aliphatic heterocycles. The van der Waals surface area contributed by atoms with Crippen molar-refractivity contribution in [2.24, 2.45) is 11.8 Å². The number of hydrogen-bond donors (Lipinski definition) is 2. The van der Waals surface area contributed by atoms with Crippen LogP contribution in [-0.4, -0.2) is 40.1 Å². The van der Waals surface area contributed by atoms with Crippen LogP contribution in [0.25, 0.3) is 0 Å². The van der Waals surface area contributed by atoms with Crippen molar-refractivity contribution in [1.29, 1.82) is 0 Å². The van der Waals surface area contributed by atoms with E-state index in [1.807, 2.05) is 6.92 Å². The number of urea groups is 1. The van der Waals surface area contributed by atoms with Crippen molar-refractivity contribution in [3.8, 4) is 0 Å². The van der Waals surface area contributed by atoms with Crippen molar-refractivity contribution in [2.45, 2.75) is 33.1 Å². The fourth-order valence-corrected chi connectivity index (χ4v) is 3.50. The first kappa shape index (κ1) is 15.8. The Kier molecular flexibility index (Phi) is 5.17. The van der Waals surface area contributed by atoms with Gasteiger partial charge in [-0.25, -0.2) is 9.78 Å². The topological polar surface area (TPSA) is 82.5 Å². The Morgan fingerprint density at radius 1 is 1.52 bits per heavy atom. The number of nitrogens with one attached hydrogen (secondary N) is 1. The van der Waals surface area contributed by atoms with Crippen molar-refractivity contribution < 1.29 is 14.7 Å². The van der Waals surface area contributed by atoms with Gasteiger partial charge >= 0.3 is 12.0 Å². The SMILES string of the molecule is CCCc1cnc(NC(=O)N2CC(C)CC(C(=O)O)C2)s1. The van der Waals surface area contributed by atoms with Gasteiger partial charge in [0.05, 0.1) is 5.92 Å². The Morgan fingerprint density at radius 3 is 2.95 bits per heavy atom. The van der Waals surface area contributed by atoms with Gasteiger partial charge in [-0.1, -0.05) is 20.3 Å². The molecular formula is C14H21N3O3S. The molecule has 2 rings (SSSR count). The molecule has 1 aromatic rings. The maximum atomic E-state index is 12.2. The Balaban J connectivity index is 1.96. The number of likely N-dealkylation sites (tertiary alicyclic amines) is 1. The van der Waals surface area contributed by atoms with Crippen molar-refractivity contribution in [2.75, 3.05) is 18.4 Å². The number of aromatic nitrogens is 1. The molecule has 0 radical (unpaired) electrons. The van der Waals surface area contributed by atoms with E-state index < -0.39 is 11.9 Å². The number of amides is 2. The van der Waals surface area contributed by atoms with Crippen LogP contribution in [0.3, 0.4) is 0 Å². The summed E-state index contributed by atoms with van der Waals surface area (Å²) in [6.07, 6.45) is 4.40. The maximum absolute atomic E-state index is 12.2. The summed E-state index contributed by atoms with van der Waals surface area (Å²) < 4.78 is 0. The van der Waals surface area contributed by atoms with E-state index in [4.69, 9.17) is 5.11 Å². The standard InChI is InChI=1S/C14H21N3O3S/c1-3-4-11-6-15-13(21-11)16-14(20)17-7-9(2)5-10(8-17)12(18)19/h6,9-10H,3-5,7-8H2,1-2H3,(H,18,19)(H,15,16,20). The Labute approximate surface area is 128 Å². The number of hydrogen-bond acceptors (Lipinski definition) is 4. The average Bonchev–Trinajstić information content (AvgIpc) is 2.85. The third kappa shape index (κ3) is 4.17. The summed E-state index contributed by atoms with van der Waals surface area (Å²) in [5.41, 5.74) is 0. The van der Waals surface area contributed by atoms with Crippen molar-refractivity contribution in [3.63, 3.8) is 0 Å². The number of carbonyl (C=O) groups is 2. The Morgan fingerprint density at radius 2 is 2.29 bits per heavy atom. The highest BCUT2D eigenvalue weighted by molar-refractivity contribution is 7.15. The summed E-state index contributed by atoms with van der Waals surface area (Å²) in [6.45, 7) is 4.92. The molecule has 2 unspecified atom stereocenters. The first-order chi connectivity index (χ1) is 9.99. The zero-order valence-corrected chi connectivity index (χ0v) is 13.2. The van der Waals surface area contributed by atoms with E-state index in [0.29, 0.717) is 18.1 Å². The summed E-state index contributed by atoms with van der Waals surface area (Å²) in [7, 11) is 0. The molecule has 6 nitrogen and oxygen atoms in total. The predicted octanol–water partition coefficient (Wildman–Crippen LogP) is 2.67. The highest BCUT2D eigenvalue weighted by atomic mass is 32.1. The maximum Gasteiger partial charge on any atom is 0.323 e. The van der Waals surface area contributed by atoms with Gasteiger partial charge in [0.15, 0.2) is 5.13 Å². The molecule has 2 atom stereocenters. The van der Waals surface area contributed by atoms with Gasteiger partial charge in [-0.3, -0.25) is 10.1 Å². The lowest BCUT2D eigenvalue weighted by Gasteiger charge is -2.34. The molecular weight excluding hydrogens is 290 g/mol. The summed E-state index contributed by atoms with van der Waals surface area (Å²) in [5, 5.41) is 12.5. The fourth-order valence-electron chi connectivity index (χ4n) is 2.59. The third-order valence-corrected chi connectivity index (χ3v) is 4.53. The van der Waals surface area contributed by atoms with Crippen LogP contribution in [0, 0.1) is 11.8 Å². The number of aliphatic carboxylic acids is 1. The Bertz CT molecular complexity index is 517. The summed E-state index contributed by atoms with van der Waals surface area (Å²) in [6, 6.07) is -0.259. The van der Waals surface area contributed by atoms with Crippen LogP contribution in [0.1, 0.15) is 31.6 Å². The van der Waals surface area contributed by atoms with Crippen LogP contribution >= 0.6 is 11.3 Å². The molecule has 1 saturated heterocycles. The molecule has 2 heterocycles. The first-order valence-corrected chi connectivity index (χ1v) is 8.04. The van der Waals surface area contributed by atoms with Gasteiger partial charge in [0.25, 0.3) is 0 Å². The van der Waals surface area contributed by atoms with Gasteiger partial charge in [-0.15, -0.1) is 11.3 Å². The van der Waals surface area contributed by atoms with E-state index in [9.17, 15) is 9.59 Å². The van der Waals surface area contributed by atoms with Crippen LogP contribution in [-0.2, 0) is 11.2 Å². The van der Waals surface area contributed by atoms with Gasteiger partial charge in [0.1, 0.15) is 0 Å². The summed E-state index contributed by atoms with van der Waals surface area (Å²) >= 11 is 1.47. The zero-order chi connectivity index (χ0) is 15.4. The number of carboxylic acids is 1. The molecule has 1 aliphatic rings. The van der Waals surface area contributed by atoms with E-state index in [1.54, 1.807) is 11.1 Å². The van der Waals surface area contributed by atoms with Crippen molar-refractivity contribution >= 4 is 28.5 Å². The zero-order valence-electron chi connectivity index (χ0n) is 12.3. The van der Waals surface area contributed by atoms with E-state index in [2.05, 4.69) is 17.2 Å². The highest BCUT2D eigenvalue weighted by Gasteiger charge is 2.32. The monoisotopic (exact) mass is 311 g/mol. The quantitative estimate of drug-likeness (QED) is 0.895. The van der Waals surface area contributed by atoms with Gasteiger partial charge in [-0.2, -0.15) is 0 Å². The molecule has 0 spiro atoms. The van der Waals surface area contributed by atoms with E-state index in [1.165, 1.54) is 11.3 Å². The number of aryl methyl sites for hydroxylation is 1. The van der Waals surface area contributed by atoms with Crippen molar-refractivity contribution in [1.82, 2.24) is 9.88 Å². The fraction of sp³-hybridized carbons (Fsp3) is 0.643. The molecule has 0 aromatic carbocycles. The minimum absolute atomic E-state index is 0.192. The van der Waals surface area contributed by atoms with Crippen LogP contribution in [0.4, 0.5) is 9.93 Å². The second-order valence-corrected chi connectivity index (χ2v) is 6.71. The summed E-state index contributed by atoms with van der Waals surface area (Å²) in [4.78, 5) is 30.3. The molecule has 1 fully saturated rings. The predicted molar refractivity (Wildman–Crippen MR) is 81.6 cm³/mol. The molecule has 2 N–H and O–H groups in total. The second kappa shape index (κ2) is 6.89. The lowest BCUT2D eigenvalue weighted by molar-refractivity contribution is -0.143. The number of carboxylic acid groups (broad SMARTS) is 1. The molecule has 7 heteroatoms. The second-order valence-electron chi connectivity index (χ2n) is 5.59. The number of nitrogens with zero attached hydrogens (tertiary/aromatic N) is 2. The lowest BCUT2D eigenvalue weighted by atomic mass is 9.91. The highest BCUT2D eigenvalue weighted by Crippen LogP contribution is 2.24. The van der Waals surface area contributed by atoms with Gasteiger partial charge in [0.2, 0.25) is 0 Å². The minimum Gasteiger partial charge on any atom is -0.481 e. The number of piperidine rings is 1. The van der Waals surface area contributed by atoms with E-state index in [0.717, 1.165) is 17.7 Å². The summed E-state index contributed by atoms with van der Waals surface area (Å²) in [5.74, 6) is -1.12. The van der Waals surface area contributed by atoms with Gasteiger partial charge in [-0.05, 0) is 18.8 Å². The molecule has 21 heavy (non-hydrogen) atoms.